The second kappa shape index (κ2) is 7.92. The molecule has 0 bridgehead atoms. The zero-order valence-electron chi connectivity index (χ0n) is 16.0. The number of methoxy groups -OCH3 is 1. The molecule has 0 aliphatic heterocycles. The number of carboxylic acids is 1. The Labute approximate surface area is 176 Å². The van der Waals surface area contributed by atoms with Crippen molar-refractivity contribution in [3.8, 4) is 16.9 Å². The maximum Gasteiger partial charge on any atom is 0.354 e. The van der Waals surface area contributed by atoms with E-state index >= 15 is 0 Å². The molecule has 0 aliphatic rings. The molecule has 0 aliphatic carbocycles. The van der Waals surface area contributed by atoms with Crippen molar-refractivity contribution in [2.75, 3.05) is 12.4 Å². The number of pyridine rings is 1. The lowest BCUT2D eigenvalue weighted by Gasteiger charge is -2.11. The van der Waals surface area contributed by atoms with Crippen molar-refractivity contribution < 1.29 is 14.6 Å². The van der Waals surface area contributed by atoms with E-state index in [9.17, 15) is 4.79 Å². The Morgan fingerprint density at radius 1 is 1.13 bits per heavy atom. The normalized spacial score (nSPS) is 10.8. The van der Waals surface area contributed by atoms with Gasteiger partial charge in [-0.1, -0.05) is 11.6 Å². The first-order chi connectivity index (χ1) is 14.4. The number of aromatic nitrogens is 4. The molecule has 0 saturated heterocycles. The van der Waals surface area contributed by atoms with Gasteiger partial charge in [0.25, 0.3) is 0 Å². The first-order valence-electron chi connectivity index (χ1n) is 8.90. The molecule has 8 nitrogen and oxygen atoms in total. The Kier molecular flexibility index (Phi) is 5.16. The molecule has 0 fully saturated rings. The third-order valence-corrected chi connectivity index (χ3v) is 4.80. The number of fused-ring (bicyclic) bond motifs is 1. The molecule has 0 unspecified atom stereocenters. The number of carboxylic acid groups (broad SMARTS) is 1. The largest absolute Gasteiger partial charge is 0.497 e. The summed E-state index contributed by atoms with van der Waals surface area (Å²) in [4.78, 5) is 19.3. The molecule has 4 aromatic rings. The van der Waals surface area contributed by atoms with Crippen molar-refractivity contribution in [3.05, 3.63) is 64.9 Å². The Morgan fingerprint density at radius 2 is 1.97 bits per heavy atom. The molecule has 2 heterocycles. The van der Waals surface area contributed by atoms with Crippen molar-refractivity contribution in [3.63, 3.8) is 0 Å². The van der Waals surface area contributed by atoms with E-state index in [4.69, 9.17) is 21.4 Å². The standard InChI is InChI=1S/C21H16ClN5O3/c1-11-7-12(15-9-14(30-2)4-5-16(15)22)8-18-19(11)25-21(27-26-18)24-13-3-6-17(20(28)29)23-10-13/h3-10H,1-2H3,(H,28,29)(H,24,25,27). The molecule has 30 heavy (non-hydrogen) atoms. The number of aryl methyl sites for hydroxylation is 1. The SMILES string of the molecule is COc1ccc(Cl)c(-c2cc(C)c3nc(Nc4ccc(C(=O)O)nc4)nnc3c2)c1. The van der Waals surface area contributed by atoms with Crippen LogP contribution in [0.2, 0.25) is 5.02 Å². The fraction of sp³-hybridized carbons (Fsp3) is 0.0952. The Bertz CT molecular complexity index is 1260. The number of carbonyl (C=O) groups is 1. The van der Waals surface area contributed by atoms with Gasteiger partial charge >= 0.3 is 5.97 Å². The van der Waals surface area contributed by atoms with Gasteiger partial charge in [-0.3, -0.25) is 0 Å². The van der Waals surface area contributed by atoms with Gasteiger partial charge in [0.05, 0.1) is 24.5 Å². The number of benzene rings is 2. The summed E-state index contributed by atoms with van der Waals surface area (Å²) < 4.78 is 5.30. The number of hydrogen-bond donors (Lipinski definition) is 2. The van der Waals surface area contributed by atoms with Crippen LogP contribution in [0.25, 0.3) is 22.2 Å². The molecule has 9 heteroatoms. The van der Waals surface area contributed by atoms with Crippen molar-refractivity contribution in [1.29, 1.82) is 0 Å². The first-order valence-corrected chi connectivity index (χ1v) is 9.28. The molecule has 0 atom stereocenters. The number of hydrogen-bond acceptors (Lipinski definition) is 7. The first kappa shape index (κ1) is 19.5. The smallest absolute Gasteiger partial charge is 0.354 e. The van der Waals surface area contributed by atoms with E-state index in [0.717, 1.165) is 16.7 Å². The van der Waals surface area contributed by atoms with Crippen LogP contribution in [0.15, 0.2) is 48.7 Å². The minimum atomic E-state index is -1.09. The van der Waals surface area contributed by atoms with Gasteiger partial charge in [0.1, 0.15) is 17.0 Å². The van der Waals surface area contributed by atoms with Gasteiger partial charge in [-0.05, 0) is 60.5 Å². The Hall–Kier alpha value is -3.78. The molecule has 2 aromatic heterocycles. The molecular formula is C21H16ClN5O3. The van der Waals surface area contributed by atoms with Crippen LogP contribution in [0, 0.1) is 6.92 Å². The quantitative estimate of drug-likeness (QED) is 0.484. The molecular weight excluding hydrogens is 406 g/mol. The van der Waals surface area contributed by atoms with Gasteiger partial charge in [0, 0.05) is 10.6 Å². The number of nitrogens with one attached hydrogen (secondary N) is 1. The van der Waals surface area contributed by atoms with E-state index in [2.05, 4.69) is 25.5 Å². The molecule has 4 rings (SSSR count). The molecule has 0 amide bonds. The van der Waals surface area contributed by atoms with Crippen LogP contribution in [-0.4, -0.2) is 38.4 Å². The van der Waals surface area contributed by atoms with Gasteiger partial charge in [0.15, 0.2) is 0 Å². The summed E-state index contributed by atoms with van der Waals surface area (Å²) in [5.41, 5.74) is 4.43. The number of nitrogens with zero attached hydrogens (tertiary/aromatic N) is 4. The van der Waals surface area contributed by atoms with Crippen LogP contribution in [0.1, 0.15) is 16.1 Å². The second-order valence-electron chi connectivity index (χ2n) is 6.50. The van der Waals surface area contributed by atoms with Crippen LogP contribution in [0.3, 0.4) is 0 Å². The van der Waals surface area contributed by atoms with Gasteiger partial charge < -0.3 is 15.2 Å². The summed E-state index contributed by atoms with van der Waals surface area (Å²) in [5, 5.41) is 20.9. The van der Waals surface area contributed by atoms with Gasteiger partial charge in [-0.2, -0.15) is 0 Å². The molecule has 0 spiro atoms. The highest BCUT2D eigenvalue weighted by molar-refractivity contribution is 6.33. The van der Waals surface area contributed by atoms with Gasteiger partial charge in [-0.15, -0.1) is 10.2 Å². The zero-order valence-corrected chi connectivity index (χ0v) is 16.8. The van der Waals surface area contributed by atoms with Gasteiger partial charge in [-0.25, -0.2) is 14.8 Å². The average Bonchev–Trinajstić information content (AvgIpc) is 2.75. The Morgan fingerprint density at radius 3 is 2.67 bits per heavy atom. The maximum absolute atomic E-state index is 10.9. The predicted molar refractivity (Wildman–Crippen MR) is 114 cm³/mol. The second-order valence-corrected chi connectivity index (χ2v) is 6.91. The van der Waals surface area contributed by atoms with E-state index < -0.39 is 5.97 Å². The highest BCUT2D eigenvalue weighted by atomic mass is 35.5. The number of anilines is 2. The van der Waals surface area contributed by atoms with Crippen LogP contribution < -0.4 is 10.1 Å². The van der Waals surface area contributed by atoms with Crippen molar-refractivity contribution in [2.45, 2.75) is 6.92 Å². The lowest BCUT2D eigenvalue weighted by Crippen LogP contribution is -2.03. The summed E-state index contributed by atoms with van der Waals surface area (Å²) in [6, 6.07) is 12.3. The summed E-state index contributed by atoms with van der Waals surface area (Å²) in [5.74, 6) is -0.103. The van der Waals surface area contributed by atoms with E-state index in [1.54, 1.807) is 25.3 Å². The number of rotatable bonds is 5. The number of ether oxygens (including phenoxy) is 1. The summed E-state index contributed by atoms with van der Waals surface area (Å²) in [6.45, 7) is 1.93. The molecule has 0 saturated carbocycles. The minimum Gasteiger partial charge on any atom is -0.497 e. The lowest BCUT2D eigenvalue weighted by atomic mass is 10.0. The van der Waals surface area contributed by atoms with E-state index in [1.807, 2.05) is 25.1 Å². The highest BCUT2D eigenvalue weighted by Gasteiger charge is 2.12. The zero-order chi connectivity index (χ0) is 21.3. The molecule has 2 N–H and O–H groups in total. The van der Waals surface area contributed by atoms with E-state index in [-0.39, 0.29) is 11.6 Å². The third kappa shape index (κ3) is 3.85. The molecule has 150 valence electrons. The van der Waals surface area contributed by atoms with E-state index in [1.165, 1.54) is 12.3 Å². The van der Waals surface area contributed by atoms with Crippen LogP contribution >= 0.6 is 11.6 Å². The number of aromatic carboxylic acids is 1. The van der Waals surface area contributed by atoms with Crippen LogP contribution in [0.4, 0.5) is 11.6 Å². The maximum atomic E-state index is 10.9. The van der Waals surface area contributed by atoms with Crippen LogP contribution in [0.5, 0.6) is 5.75 Å². The summed E-state index contributed by atoms with van der Waals surface area (Å²) in [7, 11) is 1.60. The summed E-state index contributed by atoms with van der Waals surface area (Å²) in [6.07, 6.45) is 1.40. The third-order valence-electron chi connectivity index (χ3n) is 4.47. The van der Waals surface area contributed by atoms with Crippen molar-refractivity contribution in [1.82, 2.24) is 20.2 Å². The average molecular weight is 422 g/mol. The Balaban J connectivity index is 1.68. The van der Waals surface area contributed by atoms with Crippen LogP contribution in [-0.2, 0) is 0 Å². The minimum absolute atomic E-state index is 0.0438. The molecule has 0 radical (unpaired) electrons. The topological polar surface area (TPSA) is 110 Å². The van der Waals surface area contributed by atoms with E-state index in [0.29, 0.717) is 27.5 Å². The molecule has 2 aromatic carbocycles. The van der Waals surface area contributed by atoms with Crippen molar-refractivity contribution >= 4 is 40.2 Å². The fourth-order valence-corrected chi connectivity index (χ4v) is 3.22. The van der Waals surface area contributed by atoms with Crippen molar-refractivity contribution in [2.24, 2.45) is 0 Å². The fourth-order valence-electron chi connectivity index (χ4n) is 3.00. The predicted octanol–water partition coefficient (Wildman–Crippen LogP) is 4.50. The van der Waals surface area contributed by atoms with Gasteiger partial charge in [0.2, 0.25) is 5.95 Å². The highest BCUT2D eigenvalue weighted by Crippen LogP contribution is 2.33. The monoisotopic (exact) mass is 421 g/mol. The number of halogens is 1. The lowest BCUT2D eigenvalue weighted by molar-refractivity contribution is 0.0690. The summed E-state index contributed by atoms with van der Waals surface area (Å²) >= 11 is 6.38.